The lowest BCUT2D eigenvalue weighted by Crippen LogP contribution is -2.29. The molecule has 0 aliphatic heterocycles. The Morgan fingerprint density at radius 1 is 1.10 bits per heavy atom. The SMILES string of the molecule is COc1cc(/C=C/C(=O)OC(C)C(=O)Nc2cccc(C(C)=O)c2)cc(Cl)c1OC. The van der Waals surface area contributed by atoms with Crippen LogP contribution in [0.1, 0.15) is 29.8 Å². The predicted molar refractivity (Wildman–Crippen MR) is 114 cm³/mol. The van der Waals surface area contributed by atoms with E-state index < -0.39 is 18.0 Å². The second-order valence-corrected chi connectivity index (χ2v) is 6.68. The van der Waals surface area contributed by atoms with Crippen molar-refractivity contribution in [2.75, 3.05) is 19.5 Å². The number of Topliss-reactive ketones (excluding diaryl/α,β-unsaturated/α-hetero) is 1. The molecule has 2 rings (SSSR count). The summed E-state index contributed by atoms with van der Waals surface area (Å²) in [6.45, 7) is 2.88. The molecular formula is C22H22ClNO6. The standard InChI is InChI=1S/C22H22ClNO6/c1-13(25)16-6-5-7-17(12-16)24-22(27)14(2)30-20(26)9-8-15-10-18(23)21(29-4)19(11-15)28-3/h5-12,14H,1-4H3,(H,24,27)/b9-8+. The normalized spacial score (nSPS) is 11.6. The van der Waals surface area contributed by atoms with E-state index in [0.717, 1.165) is 0 Å². The molecule has 158 valence electrons. The number of esters is 1. The molecule has 0 fully saturated rings. The monoisotopic (exact) mass is 431 g/mol. The van der Waals surface area contributed by atoms with Gasteiger partial charge in [0.25, 0.3) is 5.91 Å². The molecule has 2 aromatic carbocycles. The van der Waals surface area contributed by atoms with Crippen LogP contribution in [0.5, 0.6) is 11.5 Å². The third kappa shape index (κ3) is 6.09. The fourth-order valence-electron chi connectivity index (χ4n) is 2.53. The minimum atomic E-state index is -1.04. The summed E-state index contributed by atoms with van der Waals surface area (Å²) in [5.41, 5.74) is 1.49. The molecule has 0 aromatic heterocycles. The first-order valence-corrected chi connectivity index (χ1v) is 9.35. The smallest absolute Gasteiger partial charge is 0.331 e. The van der Waals surface area contributed by atoms with Crippen LogP contribution < -0.4 is 14.8 Å². The van der Waals surface area contributed by atoms with Gasteiger partial charge in [-0.3, -0.25) is 9.59 Å². The van der Waals surface area contributed by atoms with Crippen molar-refractivity contribution in [3.05, 3.63) is 58.6 Å². The Hall–Kier alpha value is -3.32. The summed E-state index contributed by atoms with van der Waals surface area (Å²) in [6, 6.07) is 9.74. The van der Waals surface area contributed by atoms with Crippen molar-refractivity contribution in [2.24, 2.45) is 0 Å². The van der Waals surface area contributed by atoms with Gasteiger partial charge in [-0.2, -0.15) is 0 Å². The van der Waals surface area contributed by atoms with Gasteiger partial charge in [-0.1, -0.05) is 23.7 Å². The number of methoxy groups -OCH3 is 2. The molecule has 8 heteroatoms. The van der Waals surface area contributed by atoms with E-state index in [1.807, 2.05) is 0 Å². The van der Waals surface area contributed by atoms with E-state index in [2.05, 4.69) is 5.32 Å². The van der Waals surface area contributed by atoms with Crippen molar-refractivity contribution in [3.8, 4) is 11.5 Å². The van der Waals surface area contributed by atoms with E-state index in [1.165, 1.54) is 40.2 Å². The van der Waals surface area contributed by atoms with Crippen molar-refractivity contribution < 1.29 is 28.6 Å². The number of halogens is 1. The zero-order valence-electron chi connectivity index (χ0n) is 17.0. The lowest BCUT2D eigenvalue weighted by Gasteiger charge is -2.13. The second-order valence-electron chi connectivity index (χ2n) is 6.28. The van der Waals surface area contributed by atoms with Gasteiger partial charge in [0.2, 0.25) is 0 Å². The zero-order chi connectivity index (χ0) is 22.3. The van der Waals surface area contributed by atoms with Crippen LogP contribution in [0.2, 0.25) is 5.02 Å². The Morgan fingerprint density at radius 3 is 2.47 bits per heavy atom. The molecule has 1 N–H and O–H groups in total. The lowest BCUT2D eigenvalue weighted by molar-refractivity contribution is -0.148. The summed E-state index contributed by atoms with van der Waals surface area (Å²) < 4.78 is 15.5. The molecule has 0 aliphatic carbocycles. The van der Waals surface area contributed by atoms with Crippen molar-refractivity contribution in [3.63, 3.8) is 0 Å². The van der Waals surface area contributed by atoms with Crippen LogP contribution in [-0.4, -0.2) is 38.0 Å². The number of carbonyl (C=O) groups is 3. The number of anilines is 1. The number of amides is 1. The first kappa shape index (κ1) is 23.0. The quantitative estimate of drug-likeness (QED) is 0.383. The Kier molecular flexibility index (Phi) is 8.00. The van der Waals surface area contributed by atoms with Crippen LogP contribution in [0.3, 0.4) is 0 Å². The minimum Gasteiger partial charge on any atom is -0.493 e. The molecule has 30 heavy (non-hydrogen) atoms. The number of nitrogens with one attached hydrogen (secondary N) is 1. The number of carbonyl (C=O) groups excluding carboxylic acids is 3. The summed E-state index contributed by atoms with van der Waals surface area (Å²) in [5, 5.41) is 2.94. The number of hydrogen-bond acceptors (Lipinski definition) is 6. The van der Waals surface area contributed by atoms with E-state index in [9.17, 15) is 14.4 Å². The highest BCUT2D eigenvalue weighted by molar-refractivity contribution is 6.32. The Balaban J connectivity index is 2.00. The maximum atomic E-state index is 12.3. The molecular weight excluding hydrogens is 410 g/mol. The number of ether oxygens (including phenoxy) is 3. The molecule has 0 saturated heterocycles. The maximum absolute atomic E-state index is 12.3. The van der Waals surface area contributed by atoms with Crippen molar-refractivity contribution in [1.82, 2.24) is 0 Å². The Bertz CT molecular complexity index is 986. The molecule has 0 heterocycles. The molecule has 1 unspecified atom stereocenters. The first-order valence-electron chi connectivity index (χ1n) is 8.97. The van der Waals surface area contributed by atoms with E-state index in [-0.39, 0.29) is 5.78 Å². The van der Waals surface area contributed by atoms with Gasteiger partial charge in [0.05, 0.1) is 19.2 Å². The zero-order valence-corrected chi connectivity index (χ0v) is 17.8. The molecule has 2 aromatic rings. The maximum Gasteiger partial charge on any atom is 0.331 e. The molecule has 1 atom stereocenters. The van der Waals surface area contributed by atoms with Gasteiger partial charge in [-0.05, 0) is 49.8 Å². The van der Waals surface area contributed by atoms with E-state index in [4.69, 9.17) is 25.8 Å². The summed E-state index contributed by atoms with van der Waals surface area (Å²) in [7, 11) is 2.95. The fraction of sp³-hybridized carbons (Fsp3) is 0.227. The average Bonchev–Trinajstić information content (AvgIpc) is 2.71. The van der Waals surface area contributed by atoms with Crippen LogP contribution in [0, 0.1) is 0 Å². The van der Waals surface area contributed by atoms with E-state index in [0.29, 0.717) is 33.3 Å². The molecule has 0 bridgehead atoms. The van der Waals surface area contributed by atoms with Crippen molar-refractivity contribution in [1.29, 1.82) is 0 Å². The second kappa shape index (κ2) is 10.5. The predicted octanol–water partition coefficient (Wildman–Crippen LogP) is 4.14. The molecule has 0 saturated carbocycles. The highest BCUT2D eigenvalue weighted by Gasteiger charge is 2.17. The largest absolute Gasteiger partial charge is 0.493 e. The van der Waals surface area contributed by atoms with Gasteiger partial charge >= 0.3 is 5.97 Å². The summed E-state index contributed by atoms with van der Waals surface area (Å²) in [5.74, 6) is -0.546. The van der Waals surface area contributed by atoms with E-state index >= 15 is 0 Å². The first-order chi connectivity index (χ1) is 14.2. The number of benzene rings is 2. The number of hydrogen-bond donors (Lipinski definition) is 1. The van der Waals surface area contributed by atoms with E-state index in [1.54, 1.807) is 36.4 Å². The van der Waals surface area contributed by atoms with Gasteiger partial charge in [-0.25, -0.2) is 4.79 Å². The topological polar surface area (TPSA) is 90.9 Å². The number of rotatable bonds is 8. The van der Waals surface area contributed by atoms with Crippen molar-refractivity contribution in [2.45, 2.75) is 20.0 Å². The van der Waals surface area contributed by atoms with Gasteiger partial charge in [0.15, 0.2) is 23.4 Å². The van der Waals surface area contributed by atoms with Gasteiger partial charge < -0.3 is 19.5 Å². The highest BCUT2D eigenvalue weighted by Crippen LogP contribution is 2.36. The average molecular weight is 432 g/mol. The van der Waals surface area contributed by atoms with Gasteiger partial charge in [0, 0.05) is 17.3 Å². The molecule has 0 radical (unpaired) electrons. The summed E-state index contributed by atoms with van der Waals surface area (Å²) in [4.78, 5) is 35.8. The summed E-state index contributed by atoms with van der Waals surface area (Å²) in [6.07, 6.45) is 1.62. The van der Waals surface area contributed by atoms with Gasteiger partial charge in [0.1, 0.15) is 0 Å². The lowest BCUT2D eigenvalue weighted by atomic mass is 10.1. The molecule has 0 spiro atoms. The van der Waals surface area contributed by atoms with Crippen LogP contribution >= 0.6 is 11.6 Å². The van der Waals surface area contributed by atoms with Gasteiger partial charge in [-0.15, -0.1) is 0 Å². The van der Waals surface area contributed by atoms with Crippen molar-refractivity contribution >= 4 is 41.0 Å². The molecule has 7 nitrogen and oxygen atoms in total. The fourth-order valence-corrected chi connectivity index (χ4v) is 2.82. The minimum absolute atomic E-state index is 0.119. The summed E-state index contributed by atoms with van der Waals surface area (Å²) >= 11 is 6.13. The van der Waals surface area contributed by atoms with Crippen LogP contribution in [-0.2, 0) is 14.3 Å². The Morgan fingerprint density at radius 2 is 1.83 bits per heavy atom. The Labute approximate surface area is 179 Å². The van der Waals surface area contributed by atoms with Crippen LogP contribution in [0.25, 0.3) is 6.08 Å². The molecule has 0 aliphatic rings. The highest BCUT2D eigenvalue weighted by atomic mass is 35.5. The third-order valence-electron chi connectivity index (χ3n) is 4.07. The van der Waals surface area contributed by atoms with Crippen LogP contribution in [0.4, 0.5) is 5.69 Å². The third-order valence-corrected chi connectivity index (χ3v) is 4.35. The molecule has 1 amide bonds. The number of ketones is 1. The van der Waals surface area contributed by atoms with Crippen LogP contribution in [0.15, 0.2) is 42.5 Å².